The number of hydrogen-bond acceptors (Lipinski definition) is 6. The lowest BCUT2D eigenvalue weighted by Gasteiger charge is -2.48. The largest absolute Gasteiger partial charge is 0.434 e. The average Bonchev–Trinajstić information content (AvgIpc) is 3.47. The van der Waals surface area contributed by atoms with Gasteiger partial charge in [0.05, 0.1) is 24.0 Å². The molecular weight excluding hydrogens is 452 g/mol. The van der Waals surface area contributed by atoms with Crippen molar-refractivity contribution in [2.45, 2.75) is 31.1 Å². The molecule has 174 valence electrons. The SMILES string of the molecule is O=C(c1c(F)cccc1-c1ncccn1)N1CC2CC23CC(Nc2cnc(C(F)(F)F)cn2)C13. The fourth-order valence-corrected chi connectivity index (χ4v) is 5.61. The van der Waals surface area contributed by atoms with Crippen LogP contribution in [0.4, 0.5) is 23.4 Å². The molecule has 3 aliphatic rings. The van der Waals surface area contributed by atoms with E-state index in [1.807, 2.05) is 0 Å². The quantitative estimate of drug-likeness (QED) is 0.584. The predicted octanol–water partition coefficient (Wildman–Crippen LogP) is 3.81. The van der Waals surface area contributed by atoms with Crippen LogP contribution in [0.5, 0.6) is 0 Å². The smallest absolute Gasteiger partial charge is 0.364 e. The summed E-state index contributed by atoms with van der Waals surface area (Å²) >= 11 is 0. The van der Waals surface area contributed by atoms with Crippen molar-refractivity contribution in [1.29, 1.82) is 0 Å². The van der Waals surface area contributed by atoms with Crippen molar-refractivity contribution >= 4 is 11.7 Å². The van der Waals surface area contributed by atoms with Crippen LogP contribution in [0.15, 0.2) is 49.1 Å². The monoisotopic (exact) mass is 470 g/mol. The van der Waals surface area contributed by atoms with Crippen LogP contribution in [0.1, 0.15) is 28.9 Å². The number of piperidine rings is 1. The molecule has 0 radical (unpaired) electrons. The molecule has 2 saturated carbocycles. The van der Waals surface area contributed by atoms with Crippen LogP contribution in [0.2, 0.25) is 0 Å². The van der Waals surface area contributed by atoms with E-state index in [4.69, 9.17) is 0 Å². The Bertz CT molecular complexity index is 1270. The van der Waals surface area contributed by atoms with E-state index in [1.165, 1.54) is 24.5 Å². The van der Waals surface area contributed by atoms with Gasteiger partial charge in [-0.05, 0) is 36.3 Å². The summed E-state index contributed by atoms with van der Waals surface area (Å²) < 4.78 is 53.3. The highest BCUT2D eigenvalue weighted by molar-refractivity contribution is 6.01. The van der Waals surface area contributed by atoms with Crippen LogP contribution in [-0.2, 0) is 6.18 Å². The van der Waals surface area contributed by atoms with Crippen molar-refractivity contribution in [1.82, 2.24) is 24.8 Å². The third-order valence-electron chi connectivity index (χ3n) is 7.17. The molecule has 1 amide bonds. The molecular formula is C23H18F4N6O. The number of aromatic nitrogens is 4. The summed E-state index contributed by atoms with van der Waals surface area (Å²) in [5.74, 6) is -0.299. The minimum absolute atomic E-state index is 0.0265. The number of benzene rings is 1. The summed E-state index contributed by atoms with van der Waals surface area (Å²) in [6.07, 6.45) is 1.95. The first-order chi connectivity index (χ1) is 16.3. The fraction of sp³-hybridized carbons (Fsp3) is 0.348. The molecule has 3 fully saturated rings. The van der Waals surface area contributed by atoms with Crippen molar-refractivity contribution < 1.29 is 22.4 Å². The van der Waals surface area contributed by atoms with Gasteiger partial charge in [-0.1, -0.05) is 12.1 Å². The molecule has 3 heterocycles. The number of alkyl halides is 3. The van der Waals surface area contributed by atoms with Gasteiger partial charge in [0.1, 0.15) is 11.6 Å². The summed E-state index contributed by atoms with van der Waals surface area (Å²) in [6, 6.07) is 5.57. The van der Waals surface area contributed by atoms with Crippen LogP contribution in [0.25, 0.3) is 11.4 Å². The summed E-state index contributed by atoms with van der Waals surface area (Å²) in [4.78, 5) is 30.9. The zero-order valence-electron chi connectivity index (χ0n) is 17.6. The van der Waals surface area contributed by atoms with E-state index in [0.717, 1.165) is 19.0 Å². The highest BCUT2D eigenvalue weighted by Crippen LogP contribution is 2.71. The lowest BCUT2D eigenvalue weighted by molar-refractivity contribution is -0.141. The number of likely N-dealkylation sites (tertiary alicyclic amines) is 1. The molecule has 4 atom stereocenters. The van der Waals surface area contributed by atoms with E-state index >= 15 is 0 Å². The van der Waals surface area contributed by atoms with Crippen LogP contribution in [-0.4, -0.2) is 49.4 Å². The fourth-order valence-electron chi connectivity index (χ4n) is 5.61. The number of anilines is 1. The molecule has 3 aromatic rings. The van der Waals surface area contributed by atoms with E-state index in [1.54, 1.807) is 17.0 Å². The first-order valence-corrected chi connectivity index (χ1v) is 10.8. The molecule has 4 unspecified atom stereocenters. The molecule has 7 nitrogen and oxygen atoms in total. The van der Waals surface area contributed by atoms with Crippen molar-refractivity contribution in [3.63, 3.8) is 0 Å². The Morgan fingerprint density at radius 1 is 1.06 bits per heavy atom. The normalized spacial score (nSPS) is 26.9. The first kappa shape index (κ1) is 20.9. The van der Waals surface area contributed by atoms with E-state index in [9.17, 15) is 22.4 Å². The molecule has 1 aromatic carbocycles. The summed E-state index contributed by atoms with van der Waals surface area (Å²) in [6.45, 7) is 0.504. The molecule has 2 aliphatic carbocycles. The van der Waals surface area contributed by atoms with E-state index in [-0.39, 0.29) is 34.7 Å². The Morgan fingerprint density at radius 2 is 1.85 bits per heavy atom. The second-order valence-electron chi connectivity index (χ2n) is 9.01. The van der Waals surface area contributed by atoms with Gasteiger partial charge in [0.2, 0.25) is 0 Å². The maximum Gasteiger partial charge on any atom is 0.434 e. The Hall–Kier alpha value is -3.63. The van der Waals surface area contributed by atoms with Gasteiger partial charge < -0.3 is 10.2 Å². The van der Waals surface area contributed by atoms with Crippen LogP contribution < -0.4 is 5.32 Å². The van der Waals surface area contributed by atoms with E-state index in [0.29, 0.717) is 24.2 Å². The maximum absolute atomic E-state index is 14.9. The number of hydrogen-bond donors (Lipinski definition) is 1. The molecule has 1 aliphatic heterocycles. The zero-order valence-corrected chi connectivity index (χ0v) is 17.6. The number of carbonyl (C=O) groups is 1. The van der Waals surface area contributed by atoms with Crippen LogP contribution in [0.3, 0.4) is 0 Å². The van der Waals surface area contributed by atoms with E-state index in [2.05, 4.69) is 25.3 Å². The second kappa shape index (κ2) is 7.18. The van der Waals surface area contributed by atoms with Crippen LogP contribution in [0, 0.1) is 17.2 Å². The molecule has 1 saturated heterocycles. The van der Waals surface area contributed by atoms with Crippen molar-refractivity contribution in [2.24, 2.45) is 11.3 Å². The Labute approximate surface area is 191 Å². The topological polar surface area (TPSA) is 83.9 Å². The molecule has 6 rings (SSSR count). The summed E-state index contributed by atoms with van der Waals surface area (Å²) in [5, 5.41) is 3.12. The average molecular weight is 470 g/mol. The third-order valence-corrected chi connectivity index (χ3v) is 7.17. The van der Waals surface area contributed by atoms with Gasteiger partial charge in [-0.15, -0.1) is 0 Å². The lowest BCUT2D eigenvalue weighted by Crippen LogP contribution is -2.60. The third kappa shape index (κ3) is 3.13. The van der Waals surface area contributed by atoms with Crippen molar-refractivity contribution in [2.75, 3.05) is 11.9 Å². The second-order valence-corrected chi connectivity index (χ2v) is 9.01. The minimum atomic E-state index is -4.57. The molecule has 0 bridgehead atoms. The van der Waals surface area contributed by atoms with Crippen LogP contribution >= 0.6 is 0 Å². The van der Waals surface area contributed by atoms with Gasteiger partial charge in [0.15, 0.2) is 11.5 Å². The number of carbonyl (C=O) groups excluding carboxylic acids is 1. The van der Waals surface area contributed by atoms with Gasteiger partial charge in [-0.25, -0.2) is 24.3 Å². The molecule has 1 N–H and O–H groups in total. The number of halogens is 4. The van der Waals surface area contributed by atoms with Gasteiger partial charge in [0, 0.05) is 30.5 Å². The molecule has 11 heteroatoms. The zero-order chi connectivity index (χ0) is 23.7. The Balaban J connectivity index is 1.27. The predicted molar refractivity (Wildman–Crippen MR) is 112 cm³/mol. The van der Waals surface area contributed by atoms with Gasteiger partial charge in [0.25, 0.3) is 5.91 Å². The Morgan fingerprint density at radius 3 is 2.56 bits per heavy atom. The number of nitrogens with one attached hydrogen (secondary N) is 1. The summed E-state index contributed by atoms with van der Waals surface area (Å²) in [5.41, 5.74) is -0.859. The van der Waals surface area contributed by atoms with Crippen molar-refractivity contribution in [3.05, 3.63) is 66.1 Å². The number of amides is 1. The van der Waals surface area contributed by atoms with E-state index < -0.39 is 23.6 Å². The Kier molecular flexibility index (Phi) is 4.42. The van der Waals surface area contributed by atoms with Gasteiger partial charge >= 0.3 is 6.18 Å². The molecule has 34 heavy (non-hydrogen) atoms. The highest BCUT2D eigenvalue weighted by Gasteiger charge is 2.75. The lowest BCUT2D eigenvalue weighted by atomic mass is 9.71. The standard InChI is InChI=1S/C23H18F4N6O/c24-14-4-1-3-13(20-28-5-2-6-29-20)18(14)21(34)33-11-12-7-22(12)8-15(19(22)33)32-17-10-30-16(9-31-17)23(25,26)27/h1-6,9-10,12,15,19H,7-8,11H2,(H,31,32). The number of rotatable bonds is 4. The maximum atomic E-state index is 14.9. The van der Waals surface area contributed by atoms with Gasteiger partial charge in [-0.3, -0.25) is 4.79 Å². The minimum Gasteiger partial charge on any atom is -0.364 e. The highest BCUT2D eigenvalue weighted by atomic mass is 19.4. The molecule has 2 aromatic heterocycles. The molecule has 1 spiro atoms. The summed E-state index contributed by atoms with van der Waals surface area (Å²) in [7, 11) is 0. The first-order valence-electron chi connectivity index (χ1n) is 10.8. The number of nitrogens with zero attached hydrogens (tertiary/aromatic N) is 5. The van der Waals surface area contributed by atoms with Crippen molar-refractivity contribution in [3.8, 4) is 11.4 Å². The van der Waals surface area contributed by atoms with Gasteiger partial charge in [-0.2, -0.15) is 13.2 Å².